The topological polar surface area (TPSA) is 70.7 Å². The van der Waals surface area contributed by atoms with Gasteiger partial charge in [0.25, 0.3) is 0 Å². The van der Waals surface area contributed by atoms with E-state index >= 15 is 0 Å². The van der Waals surface area contributed by atoms with Crippen molar-refractivity contribution >= 4 is 11.8 Å². The molecule has 0 spiro atoms. The summed E-state index contributed by atoms with van der Waals surface area (Å²) in [5, 5.41) is 6.58. The Hall–Kier alpha value is -2.08. The Morgan fingerprint density at radius 2 is 2.07 bits per heavy atom. The van der Waals surface area contributed by atoms with Gasteiger partial charge in [-0.05, 0) is 50.4 Å². The van der Waals surface area contributed by atoms with Crippen LogP contribution in [-0.4, -0.2) is 55.5 Å². The number of carbonyl (C=O) groups excluding carboxylic acids is 2. The van der Waals surface area contributed by atoms with Crippen LogP contribution in [0.3, 0.4) is 0 Å². The number of piperidine rings is 2. The smallest absolute Gasteiger partial charge is 0.226 e. The molecule has 148 valence electrons. The first kappa shape index (κ1) is 19.7. The molecule has 3 rings (SSSR count). The molecule has 0 radical (unpaired) electrons. The molecule has 27 heavy (non-hydrogen) atoms. The first-order chi connectivity index (χ1) is 13.1. The lowest BCUT2D eigenvalue weighted by Gasteiger charge is -2.35. The van der Waals surface area contributed by atoms with Crippen LogP contribution in [0.5, 0.6) is 5.75 Å². The minimum absolute atomic E-state index is 0.0682. The van der Waals surface area contributed by atoms with E-state index in [0.29, 0.717) is 25.5 Å². The number of ether oxygens (including phenoxy) is 1. The molecule has 3 atom stereocenters. The molecule has 0 aromatic heterocycles. The van der Waals surface area contributed by atoms with Gasteiger partial charge in [-0.25, -0.2) is 0 Å². The third-order valence-corrected chi connectivity index (χ3v) is 5.59. The van der Waals surface area contributed by atoms with Crippen molar-refractivity contribution in [2.45, 2.75) is 38.6 Å². The fourth-order valence-corrected chi connectivity index (χ4v) is 3.88. The Labute approximate surface area is 161 Å². The molecule has 6 heteroatoms. The number of nitrogens with one attached hydrogen (secondary N) is 2. The van der Waals surface area contributed by atoms with E-state index < -0.39 is 0 Å². The van der Waals surface area contributed by atoms with E-state index in [1.807, 2.05) is 35.2 Å². The van der Waals surface area contributed by atoms with E-state index in [1.165, 1.54) is 0 Å². The van der Waals surface area contributed by atoms with E-state index in [-0.39, 0.29) is 23.8 Å². The minimum atomic E-state index is -0.0974. The Bertz CT molecular complexity index is 622. The highest BCUT2D eigenvalue weighted by molar-refractivity contribution is 5.81. The summed E-state index contributed by atoms with van der Waals surface area (Å²) < 4.78 is 5.62. The van der Waals surface area contributed by atoms with Crippen molar-refractivity contribution in [2.75, 3.05) is 32.8 Å². The van der Waals surface area contributed by atoms with E-state index in [4.69, 9.17) is 4.74 Å². The zero-order valence-electron chi connectivity index (χ0n) is 16.2. The van der Waals surface area contributed by atoms with Gasteiger partial charge in [0.2, 0.25) is 11.8 Å². The van der Waals surface area contributed by atoms with Crippen LogP contribution in [0, 0.1) is 11.8 Å². The molecule has 2 N–H and O–H groups in total. The van der Waals surface area contributed by atoms with Crippen molar-refractivity contribution in [1.82, 2.24) is 15.5 Å². The van der Waals surface area contributed by atoms with E-state index in [0.717, 1.165) is 44.6 Å². The summed E-state index contributed by atoms with van der Waals surface area (Å²) in [6.07, 6.45) is 3.05. The molecule has 2 amide bonds. The molecular formula is C21H31N3O3. The van der Waals surface area contributed by atoms with Gasteiger partial charge in [0.05, 0.1) is 18.9 Å². The second-order valence-electron chi connectivity index (χ2n) is 7.68. The molecule has 2 aliphatic heterocycles. The molecule has 3 unspecified atom stereocenters. The van der Waals surface area contributed by atoms with Gasteiger partial charge in [0.1, 0.15) is 5.75 Å². The summed E-state index contributed by atoms with van der Waals surface area (Å²) in [6.45, 7) is 5.68. The van der Waals surface area contributed by atoms with Crippen LogP contribution in [0.25, 0.3) is 0 Å². The number of carbonyl (C=O) groups is 2. The number of para-hydroxylation sites is 1. The number of likely N-dealkylation sites (tertiary alicyclic amines) is 1. The largest absolute Gasteiger partial charge is 0.493 e. The van der Waals surface area contributed by atoms with Crippen molar-refractivity contribution in [3.05, 3.63) is 30.3 Å². The average Bonchev–Trinajstić information content (AvgIpc) is 2.70. The van der Waals surface area contributed by atoms with Crippen LogP contribution in [0.1, 0.15) is 32.6 Å². The van der Waals surface area contributed by atoms with Crippen molar-refractivity contribution in [1.29, 1.82) is 0 Å². The van der Waals surface area contributed by atoms with Crippen LogP contribution in [0.15, 0.2) is 30.3 Å². The lowest BCUT2D eigenvalue weighted by molar-refractivity contribution is -0.136. The fourth-order valence-electron chi connectivity index (χ4n) is 3.88. The number of hydrogen-bond acceptors (Lipinski definition) is 4. The monoisotopic (exact) mass is 373 g/mol. The Morgan fingerprint density at radius 1 is 1.26 bits per heavy atom. The van der Waals surface area contributed by atoms with Gasteiger partial charge in [-0.15, -0.1) is 0 Å². The zero-order chi connectivity index (χ0) is 19.1. The normalized spacial score (nSPS) is 25.7. The van der Waals surface area contributed by atoms with Gasteiger partial charge in [-0.2, -0.15) is 0 Å². The van der Waals surface area contributed by atoms with E-state index in [9.17, 15) is 9.59 Å². The summed E-state index contributed by atoms with van der Waals surface area (Å²) >= 11 is 0. The molecule has 0 bridgehead atoms. The number of hydrogen-bond donors (Lipinski definition) is 2. The number of benzene rings is 1. The Kier molecular flexibility index (Phi) is 7.10. The van der Waals surface area contributed by atoms with Crippen LogP contribution in [0.2, 0.25) is 0 Å². The molecule has 2 saturated heterocycles. The molecule has 1 aromatic rings. The lowest BCUT2D eigenvalue weighted by atomic mass is 9.92. The summed E-state index contributed by atoms with van der Waals surface area (Å²) in [5.74, 6) is 1.29. The van der Waals surface area contributed by atoms with Crippen LogP contribution in [0.4, 0.5) is 0 Å². The van der Waals surface area contributed by atoms with Crippen molar-refractivity contribution in [3.63, 3.8) is 0 Å². The molecule has 2 fully saturated rings. The van der Waals surface area contributed by atoms with Crippen molar-refractivity contribution in [3.8, 4) is 5.75 Å². The average molecular weight is 373 g/mol. The maximum Gasteiger partial charge on any atom is 0.226 e. The Balaban J connectivity index is 1.43. The number of nitrogens with zero attached hydrogens (tertiary/aromatic N) is 1. The van der Waals surface area contributed by atoms with Crippen LogP contribution >= 0.6 is 0 Å². The van der Waals surface area contributed by atoms with Crippen molar-refractivity contribution < 1.29 is 14.3 Å². The summed E-state index contributed by atoms with van der Waals surface area (Å²) in [5.41, 5.74) is 0. The second kappa shape index (κ2) is 9.74. The molecular weight excluding hydrogens is 342 g/mol. The summed E-state index contributed by atoms with van der Waals surface area (Å²) in [7, 11) is 0. The molecule has 0 saturated carbocycles. The third kappa shape index (κ3) is 5.70. The van der Waals surface area contributed by atoms with Gasteiger partial charge in [-0.1, -0.05) is 25.1 Å². The van der Waals surface area contributed by atoms with Crippen LogP contribution in [-0.2, 0) is 9.59 Å². The first-order valence-corrected chi connectivity index (χ1v) is 10.1. The predicted molar refractivity (Wildman–Crippen MR) is 104 cm³/mol. The van der Waals surface area contributed by atoms with E-state index in [1.54, 1.807) is 0 Å². The predicted octanol–water partition coefficient (Wildman–Crippen LogP) is 1.81. The summed E-state index contributed by atoms with van der Waals surface area (Å²) in [6, 6.07) is 9.76. The minimum Gasteiger partial charge on any atom is -0.493 e. The maximum absolute atomic E-state index is 12.7. The van der Waals surface area contributed by atoms with Gasteiger partial charge >= 0.3 is 0 Å². The van der Waals surface area contributed by atoms with Crippen molar-refractivity contribution in [2.24, 2.45) is 11.8 Å². The molecule has 2 aliphatic rings. The molecule has 6 nitrogen and oxygen atoms in total. The van der Waals surface area contributed by atoms with Gasteiger partial charge < -0.3 is 20.3 Å². The first-order valence-electron chi connectivity index (χ1n) is 10.1. The molecule has 2 heterocycles. The maximum atomic E-state index is 12.7. The molecule has 0 aliphatic carbocycles. The lowest BCUT2D eigenvalue weighted by Crippen LogP contribution is -2.52. The fraction of sp³-hybridized carbons (Fsp3) is 0.619. The highest BCUT2D eigenvalue weighted by Crippen LogP contribution is 2.19. The van der Waals surface area contributed by atoms with Gasteiger partial charge in [0.15, 0.2) is 0 Å². The second-order valence-corrected chi connectivity index (χ2v) is 7.68. The highest BCUT2D eigenvalue weighted by Gasteiger charge is 2.31. The van der Waals surface area contributed by atoms with Crippen LogP contribution < -0.4 is 15.4 Å². The number of amides is 2. The molecule has 1 aromatic carbocycles. The Morgan fingerprint density at radius 3 is 2.85 bits per heavy atom. The zero-order valence-corrected chi connectivity index (χ0v) is 16.2. The standard InChI is InChI=1S/C21H31N3O3/c1-16-14-22-11-9-19(16)23-21(26)17-6-5-12-24(15-17)20(25)10-13-27-18-7-3-2-4-8-18/h2-4,7-8,16-17,19,22H,5-6,9-15H2,1H3,(H,23,26). The highest BCUT2D eigenvalue weighted by atomic mass is 16.5. The quantitative estimate of drug-likeness (QED) is 0.798. The van der Waals surface area contributed by atoms with Gasteiger partial charge in [-0.3, -0.25) is 9.59 Å². The SMILES string of the molecule is CC1CNCCC1NC(=O)C1CCCN(C(=O)CCOc2ccccc2)C1. The summed E-state index contributed by atoms with van der Waals surface area (Å²) in [4.78, 5) is 27.0. The van der Waals surface area contributed by atoms with Gasteiger partial charge in [0, 0.05) is 19.1 Å². The van der Waals surface area contributed by atoms with E-state index in [2.05, 4.69) is 17.6 Å². The number of rotatable bonds is 6. The third-order valence-electron chi connectivity index (χ3n) is 5.59.